The van der Waals surface area contributed by atoms with Crippen LogP contribution in [0.5, 0.6) is 0 Å². The van der Waals surface area contributed by atoms with Gasteiger partial charge in [-0.05, 0) is 31.3 Å². The Kier molecular flexibility index (Phi) is 2.77. The van der Waals surface area contributed by atoms with Crippen molar-refractivity contribution >= 4 is 5.57 Å². The molecule has 3 nitrogen and oxygen atoms in total. The molecule has 0 aromatic carbocycles. The predicted molar refractivity (Wildman–Crippen MR) is 55.9 cm³/mol. The van der Waals surface area contributed by atoms with E-state index in [-0.39, 0.29) is 5.56 Å². The number of H-pyrrole nitrogens is 1. The molecule has 14 heavy (non-hydrogen) atoms. The first-order valence-corrected chi connectivity index (χ1v) is 5.10. The maximum atomic E-state index is 11.5. The fraction of sp³-hybridized carbons (Fsp3) is 0.455. The van der Waals surface area contributed by atoms with Crippen LogP contribution in [0.4, 0.5) is 0 Å². The zero-order valence-electron chi connectivity index (χ0n) is 8.12. The van der Waals surface area contributed by atoms with E-state index in [1.165, 1.54) is 25.6 Å². The van der Waals surface area contributed by atoms with Crippen molar-refractivity contribution in [2.45, 2.75) is 32.1 Å². The van der Waals surface area contributed by atoms with Gasteiger partial charge in [-0.2, -0.15) is 0 Å². The molecule has 0 fully saturated rings. The van der Waals surface area contributed by atoms with Gasteiger partial charge in [0, 0.05) is 6.20 Å². The van der Waals surface area contributed by atoms with Crippen molar-refractivity contribution in [1.82, 2.24) is 9.97 Å². The number of hydrogen-bond acceptors (Lipinski definition) is 2. The van der Waals surface area contributed by atoms with Gasteiger partial charge in [-0.3, -0.25) is 4.79 Å². The summed E-state index contributed by atoms with van der Waals surface area (Å²) in [5.74, 6) is 0. The first kappa shape index (κ1) is 9.19. The normalized spacial score (nSPS) is 17.3. The molecule has 0 unspecified atom stereocenters. The molecule has 0 aliphatic heterocycles. The third-order valence-corrected chi connectivity index (χ3v) is 2.61. The largest absolute Gasteiger partial charge is 0.313 e. The van der Waals surface area contributed by atoms with Crippen molar-refractivity contribution in [2.75, 3.05) is 0 Å². The van der Waals surface area contributed by atoms with Crippen LogP contribution in [0.1, 0.15) is 37.7 Å². The third-order valence-electron chi connectivity index (χ3n) is 2.61. The predicted octanol–water partition coefficient (Wildman–Crippen LogP) is 2.12. The molecule has 1 heterocycles. The fourth-order valence-electron chi connectivity index (χ4n) is 1.83. The summed E-state index contributed by atoms with van der Waals surface area (Å²) in [7, 11) is 0. The van der Waals surface area contributed by atoms with E-state index in [0.29, 0.717) is 0 Å². The molecule has 1 aliphatic carbocycles. The van der Waals surface area contributed by atoms with Gasteiger partial charge in [0.15, 0.2) is 0 Å². The molecule has 0 amide bonds. The molecular weight excluding hydrogens is 176 g/mol. The third kappa shape index (κ3) is 1.92. The average molecular weight is 190 g/mol. The van der Waals surface area contributed by atoms with E-state index in [1.54, 1.807) is 6.20 Å². The van der Waals surface area contributed by atoms with E-state index in [0.717, 1.165) is 24.0 Å². The van der Waals surface area contributed by atoms with Crippen molar-refractivity contribution in [3.05, 3.63) is 34.5 Å². The molecular formula is C11H14N2O. The lowest BCUT2D eigenvalue weighted by Gasteiger charge is -2.02. The Balaban J connectivity index is 2.34. The van der Waals surface area contributed by atoms with Crippen molar-refractivity contribution < 1.29 is 0 Å². The second-order valence-corrected chi connectivity index (χ2v) is 3.62. The number of allylic oxidation sites excluding steroid dienone is 2. The molecule has 74 valence electrons. The molecule has 1 aromatic heterocycles. The van der Waals surface area contributed by atoms with E-state index < -0.39 is 0 Å². The summed E-state index contributed by atoms with van der Waals surface area (Å²) in [5, 5.41) is 0. The molecule has 1 aromatic rings. The molecule has 0 atom stereocenters. The van der Waals surface area contributed by atoms with Crippen LogP contribution in [0, 0.1) is 0 Å². The van der Waals surface area contributed by atoms with Crippen molar-refractivity contribution in [2.24, 2.45) is 0 Å². The van der Waals surface area contributed by atoms with Gasteiger partial charge in [-0.15, -0.1) is 0 Å². The van der Waals surface area contributed by atoms with Crippen molar-refractivity contribution in [3.63, 3.8) is 0 Å². The average Bonchev–Trinajstić information content (AvgIpc) is 2.47. The summed E-state index contributed by atoms with van der Waals surface area (Å²) >= 11 is 0. The highest BCUT2D eigenvalue weighted by Gasteiger charge is 2.08. The van der Waals surface area contributed by atoms with Crippen LogP contribution >= 0.6 is 0 Å². The summed E-state index contributed by atoms with van der Waals surface area (Å²) in [5.41, 5.74) is 1.89. The van der Waals surface area contributed by atoms with Crippen LogP contribution in [-0.4, -0.2) is 9.97 Å². The monoisotopic (exact) mass is 190 g/mol. The number of hydrogen-bond donors (Lipinski definition) is 1. The molecule has 1 aliphatic rings. The Morgan fingerprint density at radius 3 is 3.07 bits per heavy atom. The standard InChI is InChI=1S/C11H14N2O/c14-11-10(7-12-8-13-11)9-5-3-1-2-4-6-9/h5,7-8H,1-4,6H2,(H,12,13,14). The van der Waals surface area contributed by atoms with Gasteiger partial charge >= 0.3 is 0 Å². The Morgan fingerprint density at radius 1 is 1.29 bits per heavy atom. The van der Waals surface area contributed by atoms with Crippen LogP contribution in [0.15, 0.2) is 23.4 Å². The SMILES string of the molecule is O=c1[nH]cncc1C1=CCCCCC1. The molecule has 0 saturated carbocycles. The molecule has 0 bridgehead atoms. The van der Waals surface area contributed by atoms with Crippen LogP contribution in [-0.2, 0) is 0 Å². The van der Waals surface area contributed by atoms with Crippen molar-refractivity contribution in [1.29, 1.82) is 0 Å². The van der Waals surface area contributed by atoms with Crippen LogP contribution in [0.25, 0.3) is 5.57 Å². The highest BCUT2D eigenvalue weighted by molar-refractivity contribution is 5.64. The lowest BCUT2D eigenvalue weighted by Crippen LogP contribution is -2.11. The minimum atomic E-state index is -0.0202. The molecule has 0 spiro atoms. The smallest absolute Gasteiger partial charge is 0.258 e. The zero-order valence-corrected chi connectivity index (χ0v) is 8.12. The summed E-state index contributed by atoms with van der Waals surface area (Å²) in [6, 6.07) is 0. The first-order chi connectivity index (χ1) is 6.88. The molecule has 0 radical (unpaired) electrons. The van der Waals surface area contributed by atoms with Crippen LogP contribution in [0.2, 0.25) is 0 Å². The minimum absolute atomic E-state index is 0.0202. The Labute approximate surface area is 82.9 Å². The second-order valence-electron chi connectivity index (χ2n) is 3.62. The molecule has 3 heteroatoms. The van der Waals surface area contributed by atoms with Gasteiger partial charge in [0.1, 0.15) is 0 Å². The van der Waals surface area contributed by atoms with Gasteiger partial charge in [0.2, 0.25) is 0 Å². The van der Waals surface area contributed by atoms with Gasteiger partial charge < -0.3 is 4.98 Å². The van der Waals surface area contributed by atoms with Crippen molar-refractivity contribution in [3.8, 4) is 0 Å². The number of nitrogens with one attached hydrogen (secondary N) is 1. The maximum Gasteiger partial charge on any atom is 0.258 e. The number of rotatable bonds is 1. The highest BCUT2D eigenvalue weighted by atomic mass is 16.1. The highest BCUT2D eigenvalue weighted by Crippen LogP contribution is 2.22. The van der Waals surface area contributed by atoms with E-state index in [2.05, 4.69) is 16.0 Å². The number of aromatic amines is 1. The minimum Gasteiger partial charge on any atom is -0.313 e. The first-order valence-electron chi connectivity index (χ1n) is 5.10. The quantitative estimate of drug-likeness (QED) is 0.737. The van der Waals surface area contributed by atoms with E-state index in [4.69, 9.17) is 0 Å². The molecule has 2 rings (SSSR count). The van der Waals surface area contributed by atoms with E-state index >= 15 is 0 Å². The zero-order chi connectivity index (χ0) is 9.80. The molecule has 1 N–H and O–H groups in total. The maximum absolute atomic E-state index is 11.5. The van der Waals surface area contributed by atoms with E-state index in [1.807, 2.05) is 0 Å². The Morgan fingerprint density at radius 2 is 2.21 bits per heavy atom. The van der Waals surface area contributed by atoms with Gasteiger partial charge in [0.05, 0.1) is 11.9 Å². The number of aromatic nitrogens is 2. The van der Waals surface area contributed by atoms with Gasteiger partial charge in [-0.25, -0.2) is 4.98 Å². The van der Waals surface area contributed by atoms with Gasteiger partial charge in [0.25, 0.3) is 5.56 Å². The Bertz CT molecular complexity index is 392. The lowest BCUT2D eigenvalue weighted by molar-refractivity contribution is 0.720. The molecule has 0 saturated heterocycles. The topological polar surface area (TPSA) is 45.8 Å². The lowest BCUT2D eigenvalue weighted by atomic mass is 10.0. The number of nitrogens with zero attached hydrogens (tertiary/aromatic N) is 1. The summed E-state index contributed by atoms with van der Waals surface area (Å²) in [6.07, 6.45) is 11.1. The summed E-state index contributed by atoms with van der Waals surface area (Å²) < 4.78 is 0. The fourth-order valence-corrected chi connectivity index (χ4v) is 1.83. The van der Waals surface area contributed by atoms with Gasteiger partial charge in [-0.1, -0.05) is 12.5 Å². The van der Waals surface area contributed by atoms with Crippen LogP contribution in [0.3, 0.4) is 0 Å². The second kappa shape index (κ2) is 4.22. The Hall–Kier alpha value is -1.38. The summed E-state index contributed by atoms with van der Waals surface area (Å²) in [4.78, 5) is 18.1. The van der Waals surface area contributed by atoms with E-state index in [9.17, 15) is 4.79 Å². The van der Waals surface area contributed by atoms with Crippen LogP contribution < -0.4 is 5.56 Å². The summed E-state index contributed by atoms with van der Waals surface area (Å²) in [6.45, 7) is 0.